The number of nitrogens with one attached hydrogen (secondary N) is 3. The molecule has 0 aliphatic carbocycles. The smallest absolute Gasteiger partial charge is 0.255 e. The molecule has 134 valence electrons. The molecular weight excluding hydrogens is 370 g/mol. The number of allylic oxidation sites excluding steroid dienone is 1. The van der Waals surface area contributed by atoms with Crippen LogP contribution in [0.1, 0.15) is 18.5 Å². The summed E-state index contributed by atoms with van der Waals surface area (Å²) in [5.41, 5.74) is 2.74. The number of thiocarbonyl (C=S) groups is 1. The van der Waals surface area contributed by atoms with Gasteiger partial charge in [-0.25, -0.2) is 0 Å². The van der Waals surface area contributed by atoms with E-state index in [0.717, 1.165) is 5.56 Å². The van der Waals surface area contributed by atoms with Crippen LogP contribution in [0.25, 0.3) is 0 Å². The highest BCUT2D eigenvalue weighted by Crippen LogP contribution is 2.30. The highest BCUT2D eigenvalue weighted by Gasteiger charge is 2.30. The lowest BCUT2D eigenvalue weighted by Crippen LogP contribution is -2.45. The van der Waals surface area contributed by atoms with Crippen LogP contribution >= 0.6 is 23.8 Å². The van der Waals surface area contributed by atoms with Crippen LogP contribution in [0.5, 0.6) is 5.75 Å². The highest BCUT2D eigenvalue weighted by molar-refractivity contribution is 7.80. The van der Waals surface area contributed by atoms with Crippen LogP contribution < -0.4 is 20.7 Å². The number of amides is 1. The quantitative estimate of drug-likeness (QED) is 0.697. The third kappa shape index (κ3) is 3.81. The molecule has 0 bridgehead atoms. The lowest BCUT2D eigenvalue weighted by atomic mass is 9.95. The van der Waals surface area contributed by atoms with Gasteiger partial charge in [0.15, 0.2) is 5.11 Å². The maximum Gasteiger partial charge on any atom is 0.255 e. The van der Waals surface area contributed by atoms with Crippen molar-refractivity contribution in [2.75, 3.05) is 12.4 Å². The third-order valence-corrected chi connectivity index (χ3v) is 4.54. The lowest BCUT2D eigenvalue weighted by molar-refractivity contribution is -0.113. The lowest BCUT2D eigenvalue weighted by Gasteiger charge is -2.30. The Labute approximate surface area is 162 Å². The van der Waals surface area contributed by atoms with Crippen molar-refractivity contribution < 1.29 is 9.53 Å². The van der Waals surface area contributed by atoms with Gasteiger partial charge in [0.05, 0.1) is 24.4 Å². The Balaban J connectivity index is 1.95. The van der Waals surface area contributed by atoms with E-state index in [9.17, 15) is 4.79 Å². The zero-order valence-corrected chi connectivity index (χ0v) is 15.9. The number of carbonyl (C=O) groups excluding carboxylic acids is 1. The summed E-state index contributed by atoms with van der Waals surface area (Å²) in [5.74, 6) is 0.351. The maximum atomic E-state index is 13.0. The van der Waals surface area contributed by atoms with Crippen LogP contribution in [-0.2, 0) is 4.79 Å². The SMILES string of the molecule is COc1ccccc1NC(=O)C1=C(C)NC(=S)NC1c1ccc(Cl)cc1. The van der Waals surface area contributed by atoms with Crippen molar-refractivity contribution in [3.05, 3.63) is 70.4 Å². The van der Waals surface area contributed by atoms with E-state index in [1.165, 1.54) is 0 Å². The van der Waals surface area contributed by atoms with Crippen LogP contribution in [0.4, 0.5) is 5.69 Å². The molecule has 1 unspecified atom stereocenters. The second kappa shape index (κ2) is 7.76. The summed E-state index contributed by atoms with van der Waals surface area (Å²) in [4.78, 5) is 13.0. The van der Waals surface area contributed by atoms with Crippen molar-refractivity contribution in [1.82, 2.24) is 10.6 Å². The second-order valence-corrected chi connectivity index (χ2v) is 6.62. The molecule has 1 aliphatic heterocycles. The molecule has 1 amide bonds. The largest absolute Gasteiger partial charge is 0.495 e. The van der Waals surface area contributed by atoms with E-state index >= 15 is 0 Å². The van der Waals surface area contributed by atoms with Crippen molar-refractivity contribution >= 4 is 40.5 Å². The average molecular weight is 388 g/mol. The van der Waals surface area contributed by atoms with E-state index in [1.54, 1.807) is 31.4 Å². The van der Waals surface area contributed by atoms with E-state index in [1.807, 2.05) is 31.2 Å². The van der Waals surface area contributed by atoms with Gasteiger partial charge in [0.1, 0.15) is 5.75 Å². The number of hydrogen-bond donors (Lipinski definition) is 3. The number of halogens is 1. The number of anilines is 1. The van der Waals surface area contributed by atoms with E-state index < -0.39 is 0 Å². The molecule has 0 fully saturated rings. The molecule has 0 radical (unpaired) electrons. The minimum absolute atomic E-state index is 0.241. The van der Waals surface area contributed by atoms with Crippen molar-refractivity contribution in [2.45, 2.75) is 13.0 Å². The van der Waals surface area contributed by atoms with Crippen molar-refractivity contribution in [1.29, 1.82) is 0 Å². The van der Waals surface area contributed by atoms with E-state index in [2.05, 4.69) is 16.0 Å². The van der Waals surface area contributed by atoms with Crippen LogP contribution in [0.15, 0.2) is 59.8 Å². The van der Waals surface area contributed by atoms with Crippen LogP contribution in [0.3, 0.4) is 0 Å². The normalized spacial score (nSPS) is 16.6. The molecule has 0 aromatic heterocycles. The number of ether oxygens (including phenoxy) is 1. The Morgan fingerprint density at radius 3 is 2.58 bits per heavy atom. The van der Waals surface area contributed by atoms with Gasteiger partial charge in [-0.05, 0) is 49.0 Å². The number of para-hydroxylation sites is 2. The first-order chi connectivity index (χ1) is 12.5. The number of methoxy groups -OCH3 is 1. The Hall–Kier alpha value is -2.57. The zero-order valence-electron chi connectivity index (χ0n) is 14.3. The number of rotatable bonds is 4. The summed E-state index contributed by atoms with van der Waals surface area (Å²) in [6, 6.07) is 14.2. The molecular formula is C19H18ClN3O2S. The molecule has 2 aromatic carbocycles. The third-order valence-electron chi connectivity index (χ3n) is 4.07. The van der Waals surface area contributed by atoms with Gasteiger partial charge in [-0.15, -0.1) is 0 Å². The van der Waals surface area contributed by atoms with Gasteiger partial charge in [-0.1, -0.05) is 35.9 Å². The van der Waals surface area contributed by atoms with Gasteiger partial charge < -0.3 is 20.7 Å². The summed E-state index contributed by atoms with van der Waals surface area (Å²) >= 11 is 11.2. The van der Waals surface area contributed by atoms with E-state index in [0.29, 0.717) is 32.8 Å². The molecule has 5 nitrogen and oxygen atoms in total. The summed E-state index contributed by atoms with van der Waals surface area (Å²) < 4.78 is 5.30. The van der Waals surface area contributed by atoms with Crippen LogP contribution in [0, 0.1) is 0 Å². The molecule has 0 saturated carbocycles. The molecule has 1 heterocycles. The monoisotopic (exact) mass is 387 g/mol. The minimum Gasteiger partial charge on any atom is -0.495 e. The van der Waals surface area contributed by atoms with Crippen molar-refractivity contribution in [3.63, 3.8) is 0 Å². The predicted molar refractivity (Wildman–Crippen MR) is 107 cm³/mol. The summed E-state index contributed by atoms with van der Waals surface area (Å²) in [5, 5.41) is 10.2. The number of benzene rings is 2. The Morgan fingerprint density at radius 1 is 1.19 bits per heavy atom. The molecule has 7 heteroatoms. The van der Waals surface area contributed by atoms with Crippen LogP contribution in [0.2, 0.25) is 5.02 Å². The van der Waals surface area contributed by atoms with Crippen LogP contribution in [-0.4, -0.2) is 18.1 Å². The van der Waals surface area contributed by atoms with Gasteiger partial charge in [-0.3, -0.25) is 4.79 Å². The minimum atomic E-state index is -0.379. The molecule has 0 spiro atoms. The molecule has 3 rings (SSSR count). The Bertz CT molecular complexity index is 881. The fourth-order valence-electron chi connectivity index (χ4n) is 2.84. The maximum absolute atomic E-state index is 13.0. The molecule has 1 aliphatic rings. The van der Waals surface area contributed by atoms with E-state index in [-0.39, 0.29) is 11.9 Å². The molecule has 0 saturated heterocycles. The van der Waals surface area contributed by atoms with Gasteiger partial charge >= 0.3 is 0 Å². The standard InChI is InChI=1S/C19H18ClN3O2S/c1-11-16(18(24)22-14-5-3-4-6-15(14)25-2)17(23-19(26)21-11)12-7-9-13(20)10-8-12/h3-10,17H,1-2H3,(H,22,24)(H2,21,23,26). The second-order valence-electron chi connectivity index (χ2n) is 5.78. The molecule has 2 aromatic rings. The predicted octanol–water partition coefficient (Wildman–Crippen LogP) is 3.78. The van der Waals surface area contributed by atoms with Gasteiger partial charge in [0.25, 0.3) is 5.91 Å². The van der Waals surface area contributed by atoms with Gasteiger partial charge in [-0.2, -0.15) is 0 Å². The van der Waals surface area contributed by atoms with Crippen molar-refractivity contribution in [2.24, 2.45) is 0 Å². The molecule has 1 atom stereocenters. The first-order valence-electron chi connectivity index (χ1n) is 7.97. The summed E-state index contributed by atoms with van der Waals surface area (Å²) in [6.45, 7) is 1.83. The molecule has 26 heavy (non-hydrogen) atoms. The Kier molecular flexibility index (Phi) is 5.44. The van der Waals surface area contributed by atoms with Gasteiger partial charge in [0, 0.05) is 10.7 Å². The average Bonchev–Trinajstić information content (AvgIpc) is 2.62. The zero-order chi connectivity index (χ0) is 18.7. The van der Waals surface area contributed by atoms with Crippen molar-refractivity contribution in [3.8, 4) is 5.75 Å². The summed E-state index contributed by atoms with van der Waals surface area (Å²) in [6.07, 6.45) is 0. The fourth-order valence-corrected chi connectivity index (χ4v) is 3.23. The number of hydrogen-bond acceptors (Lipinski definition) is 3. The van der Waals surface area contributed by atoms with Gasteiger partial charge in [0.2, 0.25) is 0 Å². The number of carbonyl (C=O) groups is 1. The topological polar surface area (TPSA) is 62.4 Å². The first kappa shape index (κ1) is 18.2. The summed E-state index contributed by atoms with van der Waals surface area (Å²) in [7, 11) is 1.56. The fraction of sp³-hybridized carbons (Fsp3) is 0.158. The first-order valence-corrected chi connectivity index (χ1v) is 8.76. The molecule has 3 N–H and O–H groups in total. The highest BCUT2D eigenvalue weighted by atomic mass is 35.5. The Morgan fingerprint density at radius 2 is 1.88 bits per heavy atom. The van der Waals surface area contributed by atoms with E-state index in [4.69, 9.17) is 28.6 Å².